The third kappa shape index (κ3) is 7.06. The van der Waals surface area contributed by atoms with Crippen molar-refractivity contribution >= 4 is 82.4 Å². The second kappa shape index (κ2) is 16.7. The molecule has 14 aromatic rings. The number of fused-ring (bicyclic) bond motifs is 9. The molecule has 2 heterocycles. The van der Waals surface area contributed by atoms with Crippen molar-refractivity contribution in [2.45, 2.75) is 0 Å². The number of benzene rings is 12. The monoisotopic (exact) mass is 904 g/mol. The van der Waals surface area contributed by atoms with Crippen molar-refractivity contribution in [3.05, 3.63) is 267 Å². The van der Waals surface area contributed by atoms with Gasteiger partial charge in [0.05, 0.1) is 11.0 Å². The number of aromatic nitrogens is 1. The Morgan fingerprint density at radius 2 is 0.761 bits per heavy atom. The van der Waals surface area contributed by atoms with Crippen LogP contribution in [0.3, 0.4) is 0 Å². The summed E-state index contributed by atoms with van der Waals surface area (Å²) in [5.41, 5.74) is 17.8. The van der Waals surface area contributed by atoms with Gasteiger partial charge in [0.15, 0.2) is 0 Å². The van der Waals surface area contributed by atoms with E-state index in [9.17, 15) is 0 Å². The SMILES string of the molecule is c1cc(-c2ccc(N(c3ccc(-c4cccc(-n5c6ccccc6c6ccccc65)c4)cc3)c3cccc(-c4ccc5c(c4)oc4c6ccccc6ccc54)c3)cc2)cc(-c2ccc3ccccc3c2)c1. The fourth-order valence-electron chi connectivity index (χ4n) is 10.8. The quantitative estimate of drug-likeness (QED) is 0.151. The Morgan fingerprint density at radius 3 is 1.48 bits per heavy atom. The first-order chi connectivity index (χ1) is 35.2. The van der Waals surface area contributed by atoms with E-state index < -0.39 is 0 Å². The molecule has 0 aliphatic heterocycles. The van der Waals surface area contributed by atoms with E-state index in [4.69, 9.17) is 4.42 Å². The van der Waals surface area contributed by atoms with Gasteiger partial charge in [-0.3, -0.25) is 0 Å². The number of rotatable bonds is 8. The molecule has 3 nitrogen and oxygen atoms in total. The van der Waals surface area contributed by atoms with Crippen molar-refractivity contribution < 1.29 is 4.42 Å². The van der Waals surface area contributed by atoms with Gasteiger partial charge in [0.1, 0.15) is 11.2 Å². The Morgan fingerprint density at radius 1 is 0.268 bits per heavy atom. The maximum atomic E-state index is 6.64. The maximum absolute atomic E-state index is 6.64. The smallest absolute Gasteiger partial charge is 0.143 e. The zero-order valence-electron chi connectivity index (χ0n) is 38.7. The van der Waals surface area contributed by atoms with Crippen molar-refractivity contribution in [2.24, 2.45) is 0 Å². The van der Waals surface area contributed by atoms with E-state index in [1.54, 1.807) is 0 Å². The molecule has 0 aliphatic rings. The van der Waals surface area contributed by atoms with Crippen LogP contribution in [0.25, 0.3) is 115 Å². The summed E-state index contributed by atoms with van der Waals surface area (Å²) in [4.78, 5) is 2.36. The Labute approximate surface area is 411 Å². The fourth-order valence-corrected chi connectivity index (χ4v) is 10.8. The highest BCUT2D eigenvalue weighted by Gasteiger charge is 2.18. The molecule has 0 N–H and O–H groups in total. The second-order valence-electron chi connectivity index (χ2n) is 18.5. The van der Waals surface area contributed by atoms with Crippen LogP contribution in [0.5, 0.6) is 0 Å². The molecule has 2 aromatic heterocycles. The normalized spacial score (nSPS) is 11.7. The van der Waals surface area contributed by atoms with Crippen LogP contribution in [0, 0.1) is 0 Å². The second-order valence-corrected chi connectivity index (χ2v) is 18.5. The maximum Gasteiger partial charge on any atom is 0.143 e. The van der Waals surface area contributed by atoms with Crippen LogP contribution in [0.1, 0.15) is 0 Å². The van der Waals surface area contributed by atoms with Gasteiger partial charge in [0.25, 0.3) is 0 Å². The zero-order chi connectivity index (χ0) is 46.8. The highest BCUT2D eigenvalue weighted by atomic mass is 16.3. The molecular formula is C68H44N2O. The Kier molecular flexibility index (Phi) is 9.53. The van der Waals surface area contributed by atoms with Crippen LogP contribution < -0.4 is 4.90 Å². The van der Waals surface area contributed by atoms with Crippen LogP contribution in [-0.2, 0) is 0 Å². The molecule has 0 saturated heterocycles. The Bertz CT molecular complexity index is 4290. The van der Waals surface area contributed by atoms with E-state index in [2.05, 4.69) is 276 Å². The van der Waals surface area contributed by atoms with E-state index in [1.165, 1.54) is 54.7 Å². The molecule has 0 amide bonds. The lowest BCUT2D eigenvalue weighted by molar-refractivity contribution is 0.673. The molecule has 0 radical (unpaired) electrons. The molecule has 3 heteroatoms. The molecule has 0 spiro atoms. The summed E-state index contributed by atoms with van der Waals surface area (Å²) in [6.07, 6.45) is 0. The molecular weight excluding hydrogens is 861 g/mol. The minimum Gasteiger partial charge on any atom is -0.455 e. The highest BCUT2D eigenvalue weighted by Crippen LogP contribution is 2.41. The highest BCUT2D eigenvalue weighted by molar-refractivity contribution is 6.15. The Balaban J connectivity index is 0.843. The van der Waals surface area contributed by atoms with Gasteiger partial charge < -0.3 is 13.9 Å². The van der Waals surface area contributed by atoms with Crippen LogP contribution in [0.4, 0.5) is 17.1 Å². The minimum absolute atomic E-state index is 0.884. The van der Waals surface area contributed by atoms with Crippen LogP contribution in [-0.4, -0.2) is 4.57 Å². The van der Waals surface area contributed by atoms with Crippen molar-refractivity contribution in [2.75, 3.05) is 4.90 Å². The lowest BCUT2D eigenvalue weighted by Gasteiger charge is -2.26. The summed E-state index contributed by atoms with van der Waals surface area (Å²) >= 11 is 0. The fraction of sp³-hybridized carbons (Fsp3) is 0. The number of para-hydroxylation sites is 2. The number of hydrogen-bond acceptors (Lipinski definition) is 2. The summed E-state index contributed by atoms with van der Waals surface area (Å²) < 4.78 is 9.03. The average Bonchev–Trinajstić information content (AvgIpc) is 3.99. The zero-order valence-corrected chi connectivity index (χ0v) is 38.7. The van der Waals surface area contributed by atoms with Gasteiger partial charge in [0, 0.05) is 49.7 Å². The summed E-state index contributed by atoms with van der Waals surface area (Å²) in [7, 11) is 0. The molecule has 14 rings (SSSR count). The lowest BCUT2D eigenvalue weighted by Crippen LogP contribution is -2.10. The summed E-state index contributed by atoms with van der Waals surface area (Å²) in [5.74, 6) is 0. The third-order valence-electron chi connectivity index (χ3n) is 14.3. The van der Waals surface area contributed by atoms with Gasteiger partial charge >= 0.3 is 0 Å². The molecule has 0 saturated carbocycles. The molecule has 0 aliphatic carbocycles. The predicted octanol–water partition coefficient (Wildman–Crippen LogP) is 19.1. The van der Waals surface area contributed by atoms with Gasteiger partial charge in [-0.15, -0.1) is 0 Å². The topological polar surface area (TPSA) is 21.3 Å². The van der Waals surface area contributed by atoms with Gasteiger partial charge in [-0.25, -0.2) is 0 Å². The van der Waals surface area contributed by atoms with Crippen molar-refractivity contribution in [1.29, 1.82) is 0 Å². The van der Waals surface area contributed by atoms with Crippen LogP contribution in [0.2, 0.25) is 0 Å². The van der Waals surface area contributed by atoms with Crippen LogP contribution in [0.15, 0.2) is 271 Å². The minimum atomic E-state index is 0.884. The summed E-state index contributed by atoms with van der Waals surface area (Å²) in [5, 5.41) is 9.57. The van der Waals surface area contributed by atoms with Gasteiger partial charge in [0.2, 0.25) is 0 Å². The standard InChI is InChI=1S/C68H44N2O/c1-2-14-49-41-54(27-26-45(49)12-1)51-16-9-15-50(40-51)46-28-34-56(35-29-46)69(58-19-11-18-53(43-58)55-33-38-63-64-39-32-48-13-3-4-21-60(48)68(64)71-67(63)44-55)57-36-30-47(31-37-57)52-17-10-20-59(42-52)70-65-24-7-5-22-61(65)62-23-6-8-25-66(62)70/h1-44H. The molecule has 0 fully saturated rings. The van der Waals surface area contributed by atoms with E-state index >= 15 is 0 Å². The third-order valence-corrected chi connectivity index (χ3v) is 14.3. The molecule has 0 unspecified atom stereocenters. The number of anilines is 3. The lowest BCUT2D eigenvalue weighted by atomic mass is 9.97. The molecule has 71 heavy (non-hydrogen) atoms. The predicted molar refractivity (Wildman–Crippen MR) is 299 cm³/mol. The number of hydrogen-bond donors (Lipinski definition) is 0. The first kappa shape index (κ1) is 40.6. The van der Waals surface area contributed by atoms with Crippen LogP contribution >= 0.6 is 0 Å². The van der Waals surface area contributed by atoms with Gasteiger partial charge in [-0.1, -0.05) is 176 Å². The van der Waals surface area contributed by atoms with Crippen molar-refractivity contribution in [3.8, 4) is 50.2 Å². The molecule has 12 aromatic carbocycles. The summed E-state index contributed by atoms with van der Waals surface area (Å²) in [6.45, 7) is 0. The summed E-state index contributed by atoms with van der Waals surface area (Å²) in [6, 6.07) is 96.7. The average molecular weight is 905 g/mol. The number of furan rings is 1. The van der Waals surface area contributed by atoms with E-state index in [0.717, 1.165) is 77.9 Å². The Hall–Kier alpha value is -9.44. The van der Waals surface area contributed by atoms with E-state index in [0.29, 0.717) is 0 Å². The van der Waals surface area contributed by atoms with E-state index in [-0.39, 0.29) is 0 Å². The number of nitrogens with zero attached hydrogens (tertiary/aromatic N) is 2. The van der Waals surface area contributed by atoms with Crippen molar-refractivity contribution in [3.63, 3.8) is 0 Å². The van der Waals surface area contributed by atoms with E-state index in [1.807, 2.05) is 0 Å². The largest absolute Gasteiger partial charge is 0.455 e. The molecule has 0 atom stereocenters. The van der Waals surface area contributed by atoms with Crippen molar-refractivity contribution in [1.82, 2.24) is 4.57 Å². The molecule has 0 bridgehead atoms. The van der Waals surface area contributed by atoms with Gasteiger partial charge in [-0.05, 0) is 152 Å². The van der Waals surface area contributed by atoms with Gasteiger partial charge in [-0.2, -0.15) is 0 Å². The first-order valence-electron chi connectivity index (χ1n) is 24.3. The first-order valence-corrected chi connectivity index (χ1v) is 24.3. The molecule has 332 valence electrons.